The molecule has 2 aromatic rings. The fourth-order valence-electron chi connectivity index (χ4n) is 2.57. The van der Waals surface area contributed by atoms with Gasteiger partial charge in [0.2, 0.25) is 5.91 Å². The van der Waals surface area contributed by atoms with Gasteiger partial charge in [-0.1, -0.05) is 11.6 Å². The van der Waals surface area contributed by atoms with Gasteiger partial charge in [0.25, 0.3) is 0 Å². The van der Waals surface area contributed by atoms with Crippen LogP contribution in [0.5, 0.6) is 5.75 Å². The van der Waals surface area contributed by atoms with E-state index in [0.717, 1.165) is 5.56 Å². The fourth-order valence-corrected chi connectivity index (χ4v) is 2.84. The number of anilines is 1. The molecule has 0 unspecified atom stereocenters. The molecule has 6 nitrogen and oxygen atoms in total. The number of rotatable bonds is 2. The van der Waals surface area contributed by atoms with Crippen molar-refractivity contribution in [3.05, 3.63) is 34.9 Å². The molecule has 0 aliphatic carbocycles. The summed E-state index contributed by atoms with van der Waals surface area (Å²) in [6.45, 7) is 2.04. The number of aliphatic hydroxyl groups excluding tert-OH is 1. The predicted octanol–water partition coefficient (Wildman–Crippen LogP) is 1.91. The molecule has 0 spiro atoms. The number of aliphatic hydroxyl groups is 1. The Kier molecular flexibility index (Phi) is 3.72. The van der Waals surface area contributed by atoms with E-state index < -0.39 is 6.10 Å². The van der Waals surface area contributed by atoms with Crippen molar-refractivity contribution < 1.29 is 15.0 Å². The minimum atomic E-state index is -0.670. The standard InChI is InChI=1S/C15H14ClN3O3/c1-8-4-9(16)5-12(21)15(8)11-2-3-13(18-17-11)19-7-10(20)6-14(19)22/h2-5,10,20-21H,6-7H2,1H3/t10-/m0/s1. The number of aromatic hydroxyl groups is 1. The number of phenols is 1. The lowest BCUT2D eigenvalue weighted by Gasteiger charge is -2.14. The summed E-state index contributed by atoms with van der Waals surface area (Å²) < 4.78 is 0. The molecule has 7 heteroatoms. The van der Waals surface area contributed by atoms with E-state index in [2.05, 4.69) is 10.2 Å². The van der Waals surface area contributed by atoms with Crippen molar-refractivity contribution >= 4 is 23.3 Å². The smallest absolute Gasteiger partial charge is 0.230 e. The Hall–Kier alpha value is -2.18. The molecular formula is C15H14ClN3O3. The molecule has 0 bridgehead atoms. The van der Waals surface area contributed by atoms with Gasteiger partial charge in [0.1, 0.15) is 5.75 Å². The van der Waals surface area contributed by atoms with Gasteiger partial charge < -0.3 is 10.2 Å². The Labute approximate surface area is 132 Å². The number of carbonyl (C=O) groups excluding carboxylic acids is 1. The number of hydrogen-bond donors (Lipinski definition) is 2. The number of β-amino-alcohol motifs (C(OH)–C–C–N with tert-alkyl or cyclic N) is 1. The molecule has 0 radical (unpaired) electrons. The first-order valence-electron chi connectivity index (χ1n) is 6.77. The van der Waals surface area contributed by atoms with Crippen LogP contribution in [0.4, 0.5) is 5.82 Å². The van der Waals surface area contributed by atoms with E-state index in [1.165, 1.54) is 11.0 Å². The van der Waals surface area contributed by atoms with Crippen molar-refractivity contribution in [2.45, 2.75) is 19.4 Å². The number of aryl methyl sites for hydroxylation is 1. The minimum Gasteiger partial charge on any atom is -0.507 e. The fraction of sp³-hybridized carbons (Fsp3) is 0.267. The third-order valence-corrected chi connectivity index (χ3v) is 3.79. The average Bonchev–Trinajstić information content (AvgIpc) is 2.77. The summed E-state index contributed by atoms with van der Waals surface area (Å²) in [7, 11) is 0. The van der Waals surface area contributed by atoms with Crippen LogP contribution in [0.25, 0.3) is 11.3 Å². The molecule has 1 fully saturated rings. The van der Waals surface area contributed by atoms with Gasteiger partial charge in [-0.2, -0.15) is 0 Å². The average molecular weight is 320 g/mol. The molecule has 1 aliphatic rings. The van der Waals surface area contributed by atoms with E-state index in [1.807, 2.05) is 6.92 Å². The lowest BCUT2D eigenvalue weighted by Crippen LogP contribution is -2.26. The summed E-state index contributed by atoms with van der Waals surface area (Å²) >= 11 is 5.89. The van der Waals surface area contributed by atoms with Crippen LogP contribution in [-0.4, -0.2) is 39.0 Å². The lowest BCUT2D eigenvalue weighted by molar-refractivity contribution is -0.117. The highest BCUT2D eigenvalue weighted by Gasteiger charge is 2.30. The van der Waals surface area contributed by atoms with Crippen LogP contribution >= 0.6 is 11.6 Å². The quantitative estimate of drug-likeness (QED) is 0.883. The van der Waals surface area contributed by atoms with Gasteiger partial charge in [0.15, 0.2) is 5.82 Å². The lowest BCUT2D eigenvalue weighted by atomic mass is 10.0. The van der Waals surface area contributed by atoms with Crippen molar-refractivity contribution in [1.29, 1.82) is 0 Å². The largest absolute Gasteiger partial charge is 0.507 e. The molecule has 2 N–H and O–H groups in total. The molecular weight excluding hydrogens is 306 g/mol. The van der Waals surface area contributed by atoms with Gasteiger partial charge in [0.05, 0.1) is 24.8 Å². The summed E-state index contributed by atoms with van der Waals surface area (Å²) in [5.41, 5.74) is 1.82. The van der Waals surface area contributed by atoms with Gasteiger partial charge in [0, 0.05) is 10.6 Å². The third kappa shape index (κ3) is 2.63. The third-order valence-electron chi connectivity index (χ3n) is 3.57. The van der Waals surface area contributed by atoms with Crippen molar-refractivity contribution in [2.24, 2.45) is 0 Å². The number of amides is 1. The number of benzene rings is 1. The van der Waals surface area contributed by atoms with Crippen LogP contribution in [0, 0.1) is 6.92 Å². The van der Waals surface area contributed by atoms with Crippen molar-refractivity contribution in [2.75, 3.05) is 11.4 Å². The van der Waals surface area contributed by atoms with Crippen LogP contribution in [0.2, 0.25) is 5.02 Å². The molecule has 22 heavy (non-hydrogen) atoms. The van der Waals surface area contributed by atoms with E-state index in [-0.39, 0.29) is 24.6 Å². The van der Waals surface area contributed by atoms with Crippen molar-refractivity contribution in [3.8, 4) is 17.0 Å². The first kappa shape index (κ1) is 14.7. The predicted molar refractivity (Wildman–Crippen MR) is 81.9 cm³/mol. The second-order valence-corrected chi connectivity index (χ2v) is 5.69. The summed E-state index contributed by atoms with van der Waals surface area (Å²) in [6, 6.07) is 6.49. The Morgan fingerprint density at radius 1 is 1.32 bits per heavy atom. The van der Waals surface area contributed by atoms with E-state index in [4.69, 9.17) is 11.6 Å². The minimum absolute atomic E-state index is 0.0275. The highest BCUT2D eigenvalue weighted by molar-refractivity contribution is 6.31. The van der Waals surface area contributed by atoms with Crippen LogP contribution in [-0.2, 0) is 4.79 Å². The maximum atomic E-state index is 11.7. The van der Waals surface area contributed by atoms with Gasteiger partial charge in [-0.05, 0) is 36.8 Å². The topological polar surface area (TPSA) is 86.5 Å². The molecule has 1 amide bonds. The molecule has 114 valence electrons. The Morgan fingerprint density at radius 2 is 2.09 bits per heavy atom. The molecule has 1 aromatic heterocycles. The number of nitrogens with zero attached hydrogens (tertiary/aromatic N) is 3. The second-order valence-electron chi connectivity index (χ2n) is 5.26. The number of halogens is 1. The molecule has 0 saturated carbocycles. The van der Waals surface area contributed by atoms with Crippen LogP contribution in [0.3, 0.4) is 0 Å². The number of hydrogen-bond acceptors (Lipinski definition) is 5. The molecule has 1 atom stereocenters. The summed E-state index contributed by atoms with van der Waals surface area (Å²) in [4.78, 5) is 13.1. The van der Waals surface area contributed by atoms with E-state index in [1.54, 1.807) is 18.2 Å². The molecule has 2 heterocycles. The van der Waals surface area contributed by atoms with E-state index in [9.17, 15) is 15.0 Å². The number of carbonyl (C=O) groups is 1. The maximum absolute atomic E-state index is 11.7. The van der Waals surface area contributed by atoms with E-state index in [0.29, 0.717) is 22.1 Å². The van der Waals surface area contributed by atoms with Crippen LogP contribution in [0.1, 0.15) is 12.0 Å². The van der Waals surface area contributed by atoms with Gasteiger partial charge in [-0.3, -0.25) is 9.69 Å². The normalized spacial score (nSPS) is 18.0. The first-order valence-corrected chi connectivity index (χ1v) is 7.15. The SMILES string of the molecule is Cc1cc(Cl)cc(O)c1-c1ccc(N2C[C@@H](O)CC2=O)nn1. The van der Waals surface area contributed by atoms with Crippen molar-refractivity contribution in [1.82, 2.24) is 10.2 Å². The van der Waals surface area contributed by atoms with Crippen molar-refractivity contribution in [3.63, 3.8) is 0 Å². The number of phenolic OH excluding ortho intramolecular Hbond substituents is 1. The highest BCUT2D eigenvalue weighted by Crippen LogP contribution is 2.34. The zero-order valence-electron chi connectivity index (χ0n) is 11.8. The van der Waals surface area contributed by atoms with Gasteiger partial charge >= 0.3 is 0 Å². The maximum Gasteiger partial charge on any atom is 0.230 e. The zero-order chi connectivity index (χ0) is 15.9. The van der Waals surface area contributed by atoms with E-state index >= 15 is 0 Å². The van der Waals surface area contributed by atoms with Gasteiger partial charge in [-0.25, -0.2) is 0 Å². The zero-order valence-corrected chi connectivity index (χ0v) is 12.6. The molecule has 1 aliphatic heterocycles. The summed E-state index contributed by atoms with van der Waals surface area (Å²) in [5, 5.41) is 28.1. The Morgan fingerprint density at radius 3 is 2.64 bits per heavy atom. The Balaban J connectivity index is 1.94. The second kappa shape index (κ2) is 5.55. The van der Waals surface area contributed by atoms with Crippen LogP contribution < -0.4 is 4.90 Å². The van der Waals surface area contributed by atoms with Gasteiger partial charge in [-0.15, -0.1) is 10.2 Å². The highest BCUT2D eigenvalue weighted by atomic mass is 35.5. The molecule has 3 rings (SSSR count). The Bertz CT molecular complexity index is 710. The molecule has 1 saturated heterocycles. The summed E-state index contributed by atoms with van der Waals surface area (Å²) in [5.74, 6) is 0.233. The van der Waals surface area contributed by atoms with Crippen LogP contribution in [0.15, 0.2) is 24.3 Å². The monoisotopic (exact) mass is 319 g/mol. The number of aromatic nitrogens is 2. The summed E-state index contributed by atoms with van der Waals surface area (Å²) in [6.07, 6.45) is -0.572. The first-order chi connectivity index (χ1) is 10.5. The molecule has 1 aromatic carbocycles.